The first-order valence-corrected chi connectivity index (χ1v) is 6.68. The molecular weight excluding hydrogens is 236 g/mol. The van der Waals surface area contributed by atoms with Gasteiger partial charge in [0, 0.05) is 12.7 Å². The molecule has 0 saturated carbocycles. The molecule has 1 atom stereocenters. The molecule has 0 aliphatic carbocycles. The molecule has 1 heterocycles. The van der Waals surface area contributed by atoms with Crippen LogP contribution in [0.4, 0.5) is 0 Å². The first-order valence-electron chi connectivity index (χ1n) is 6.68. The maximum Gasteiger partial charge on any atom is 0.0522 e. The van der Waals surface area contributed by atoms with Crippen LogP contribution in [0.1, 0.15) is 35.2 Å². The molecule has 1 aromatic carbocycles. The van der Waals surface area contributed by atoms with E-state index in [9.17, 15) is 0 Å². The number of hydrogen-bond donors (Lipinski definition) is 2. The number of nitrogens with one attached hydrogen (secondary N) is 1. The van der Waals surface area contributed by atoms with Crippen molar-refractivity contribution in [2.45, 2.75) is 39.8 Å². The van der Waals surface area contributed by atoms with Crippen molar-refractivity contribution in [2.75, 3.05) is 0 Å². The van der Waals surface area contributed by atoms with Gasteiger partial charge < -0.3 is 0 Å². The number of nitrogens with zero attached hydrogens (tertiary/aromatic N) is 2. The highest BCUT2D eigenvalue weighted by atomic mass is 15.3. The number of hydrazine groups is 1. The van der Waals surface area contributed by atoms with Gasteiger partial charge in [0.25, 0.3) is 0 Å². The quantitative estimate of drug-likeness (QED) is 0.639. The minimum absolute atomic E-state index is 0.119. The summed E-state index contributed by atoms with van der Waals surface area (Å²) in [6, 6.07) is 6.66. The van der Waals surface area contributed by atoms with Gasteiger partial charge in [-0.25, -0.2) is 0 Å². The van der Waals surface area contributed by atoms with Crippen LogP contribution in [0.5, 0.6) is 0 Å². The Labute approximate surface area is 114 Å². The molecule has 0 fully saturated rings. The third kappa shape index (κ3) is 3.43. The van der Waals surface area contributed by atoms with Crippen LogP contribution in [0, 0.1) is 13.8 Å². The molecule has 1 unspecified atom stereocenters. The van der Waals surface area contributed by atoms with Gasteiger partial charge in [0.1, 0.15) is 0 Å². The summed E-state index contributed by atoms with van der Waals surface area (Å²) in [5, 5.41) is 4.30. The molecule has 2 aromatic rings. The van der Waals surface area contributed by atoms with Crippen molar-refractivity contribution < 1.29 is 0 Å². The molecule has 4 nitrogen and oxygen atoms in total. The summed E-state index contributed by atoms with van der Waals surface area (Å²) in [5.74, 6) is 5.71. The van der Waals surface area contributed by atoms with Crippen LogP contribution in [0.3, 0.4) is 0 Å². The topological polar surface area (TPSA) is 55.9 Å². The van der Waals surface area contributed by atoms with Gasteiger partial charge in [-0.2, -0.15) is 5.10 Å². The van der Waals surface area contributed by atoms with E-state index in [-0.39, 0.29) is 6.04 Å². The van der Waals surface area contributed by atoms with Gasteiger partial charge in [-0.15, -0.1) is 0 Å². The molecular formula is C15H22N4. The zero-order valence-electron chi connectivity index (χ0n) is 11.9. The average molecular weight is 258 g/mol. The van der Waals surface area contributed by atoms with E-state index >= 15 is 0 Å². The molecule has 1 aromatic heterocycles. The maximum atomic E-state index is 5.71. The van der Waals surface area contributed by atoms with Gasteiger partial charge in [-0.1, -0.05) is 29.3 Å². The van der Waals surface area contributed by atoms with Gasteiger partial charge in [0.05, 0.1) is 12.2 Å². The van der Waals surface area contributed by atoms with Gasteiger partial charge in [0.2, 0.25) is 0 Å². The molecule has 0 aliphatic rings. The van der Waals surface area contributed by atoms with E-state index in [2.05, 4.69) is 55.7 Å². The summed E-state index contributed by atoms with van der Waals surface area (Å²) >= 11 is 0. The number of benzene rings is 1. The van der Waals surface area contributed by atoms with Crippen LogP contribution < -0.4 is 11.3 Å². The molecule has 4 heteroatoms. The zero-order valence-corrected chi connectivity index (χ0v) is 11.9. The lowest BCUT2D eigenvalue weighted by atomic mass is 9.97. The SMILES string of the molecule is CCn1cc(CC(NN)c2cc(C)cc(C)c2)cn1. The molecule has 19 heavy (non-hydrogen) atoms. The standard InChI is InChI=1S/C15H22N4/c1-4-19-10-13(9-17-19)8-15(18-16)14-6-11(2)5-12(3)7-14/h5-7,9-10,15,18H,4,8,16H2,1-3H3. The second-order valence-corrected chi connectivity index (χ2v) is 5.05. The van der Waals surface area contributed by atoms with E-state index in [1.165, 1.54) is 22.3 Å². The maximum absolute atomic E-state index is 5.71. The Morgan fingerprint density at radius 1 is 1.26 bits per heavy atom. The lowest BCUT2D eigenvalue weighted by Gasteiger charge is -2.17. The first-order chi connectivity index (χ1) is 9.12. The van der Waals surface area contributed by atoms with Crippen LogP contribution in [-0.4, -0.2) is 9.78 Å². The van der Waals surface area contributed by atoms with E-state index in [4.69, 9.17) is 5.84 Å². The molecule has 0 spiro atoms. The van der Waals surface area contributed by atoms with E-state index in [0.29, 0.717) is 0 Å². The van der Waals surface area contributed by atoms with Crippen molar-refractivity contribution in [1.29, 1.82) is 0 Å². The van der Waals surface area contributed by atoms with E-state index in [0.717, 1.165) is 13.0 Å². The summed E-state index contributed by atoms with van der Waals surface area (Å²) in [4.78, 5) is 0. The molecule has 0 aliphatic heterocycles. The summed E-state index contributed by atoms with van der Waals surface area (Å²) in [5.41, 5.74) is 7.86. The van der Waals surface area contributed by atoms with Gasteiger partial charge in [0.15, 0.2) is 0 Å². The monoisotopic (exact) mass is 258 g/mol. The highest BCUT2D eigenvalue weighted by molar-refractivity contribution is 5.31. The van der Waals surface area contributed by atoms with Crippen LogP contribution in [0.2, 0.25) is 0 Å². The number of rotatable bonds is 5. The lowest BCUT2D eigenvalue weighted by molar-refractivity contribution is 0.550. The van der Waals surface area contributed by atoms with Crippen molar-refractivity contribution in [3.8, 4) is 0 Å². The number of aromatic nitrogens is 2. The molecule has 0 saturated heterocycles. The van der Waals surface area contributed by atoms with Crippen molar-refractivity contribution in [2.24, 2.45) is 5.84 Å². The fraction of sp³-hybridized carbons (Fsp3) is 0.400. The predicted molar refractivity (Wildman–Crippen MR) is 77.6 cm³/mol. The summed E-state index contributed by atoms with van der Waals surface area (Å²) in [7, 11) is 0. The highest BCUT2D eigenvalue weighted by Crippen LogP contribution is 2.20. The molecule has 102 valence electrons. The van der Waals surface area contributed by atoms with Crippen molar-refractivity contribution in [3.63, 3.8) is 0 Å². The molecule has 2 rings (SSSR count). The van der Waals surface area contributed by atoms with E-state index in [1.54, 1.807) is 0 Å². The van der Waals surface area contributed by atoms with E-state index in [1.807, 2.05) is 10.9 Å². The molecule has 0 bridgehead atoms. The van der Waals surface area contributed by atoms with Crippen molar-refractivity contribution >= 4 is 0 Å². The first kappa shape index (κ1) is 13.8. The number of nitrogens with two attached hydrogens (primary N) is 1. The van der Waals surface area contributed by atoms with Crippen LogP contribution >= 0.6 is 0 Å². The Morgan fingerprint density at radius 3 is 2.47 bits per heavy atom. The van der Waals surface area contributed by atoms with Crippen molar-refractivity contribution in [3.05, 3.63) is 52.8 Å². The van der Waals surface area contributed by atoms with Crippen molar-refractivity contribution in [1.82, 2.24) is 15.2 Å². The lowest BCUT2D eigenvalue weighted by Crippen LogP contribution is -2.29. The Bertz CT molecular complexity index is 525. The highest BCUT2D eigenvalue weighted by Gasteiger charge is 2.12. The predicted octanol–water partition coefficient (Wildman–Crippen LogP) is 2.27. The van der Waals surface area contributed by atoms with Crippen LogP contribution in [-0.2, 0) is 13.0 Å². The smallest absolute Gasteiger partial charge is 0.0522 e. The van der Waals surface area contributed by atoms with Gasteiger partial charge in [-0.3, -0.25) is 16.0 Å². The summed E-state index contributed by atoms with van der Waals surface area (Å²) in [6.07, 6.45) is 4.84. The Morgan fingerprint density at radius 2 is 1.95 bits per heavy atom. The molecule has 0 amide bonds. The Hall–Kier alpha value is -1.65. The Balaban J connectivity index is 2.19. The third-order valence-corrected chi connectivity index (χ3v) is 3.30. The second-order valence-electron chi connectivity index (χ2n) is 5.05. The van der Waals surface area contributed by atoms with Crippen LogP contribution in [0.15, 0.2) is 30.6 Å². The second kappa shape index (κ2) is 5.99. The van der Waals surface area contributed by atoms with Crippen LogP contribution in [0.25, 0.3) is 0 Å². The summed E-state index contributed by atoms with van der Waals surface area (Å²) in [6.45, 7) is 7.20. The molecule has 3 N–H and O–H groups in total. The Kier molecular flexibility index (Phi) is 4.35. The minimum atomic E-state index is 0.119. The number of aryl methyl sites for hydroxylation is 3. The summed E-state index contributed by atoms with van der Waals surface area (Å²) < 4.78 is 1.93. The average Bonchev–Trinajstić information content (AvgIpc) is 2.82. The number of hydrogen-bond acceptors (Lipinski definition) is 3. The van der Waals surface area contributed by atoms with Gasteiger partial charge in [-0.05, 0) is 38.3 Å². The fourth-order valence-electron chi connectivity index (χ4n) is 2.40. The molecule has 0 radical (unpaired) electrons. The largest absolute Gasteiger partial charge is 0.273 e. The van der Waals surface area contributed by atoms with E-state index < -0.39 is 0 Å². The van der Waals surface area contributed by atoms with Gasteiger partial charge >= 0.3 is 0 Å². The zero-order chi connectivity index (χ0) is 13.8. The minimum Gasteiger partial charge on any atom is -0.273 e. The fourth-order valence-corrected chi connectivity index (χ4v) is 2.40. The third-order valence-electron chi connectivity index (χ3n) is 3.30. The normalized spacial score (nSPS) is 12.6.